The van der Waals surface area contributed by atoms with E-state index in [4.69, 9.17) is 11.6 Å². The number of nitrogens with one attached hydrogen (secondary N) is 1. The van der Waals surface area contributed by atoms with Gasteiger partial charge in [0.05, 0.1) is 17.7 Å². The van der Waals surface area contributed by atoms with Gasteiger partial charge in [0, 0.05) is 25.3 Å². The first-order valence-corrected chi connectivity index (χ1v) is 7.01. The summed E-state index contributed by atoms with van der Waals surface area (Å²) >= 11 is 5.85. The van der Waals surface area contributed by atoms with Crippen molar-refractivity contribution in [1.82, 2.24) is 9.88 Å². The molecule has 1 aliphatic heterocycles. The molecule has 1 N–H and O–H groups in total. The quantitative estimate of drug-likeness (QED) is 0.898. The second-order valence-electron chi connectivity index (χ2n) is 4.93. The molecule has 0 bridgehead atoms. The zero-order chi connectivity index (χ0) is 16.3. The Labute approximate surface area is 130 Å². The molecule has 0 aromatic carbocycles. The summed E-state index contributed by atoms with van der Waals surface area (Å²) in [4.78, 5) is 16.7. The molecule has 1 aromatic rings. The van der Waals surface area contributed by atoms with Gasteiger partial charge in [-0.25, -0.2) is 9.78 Å². The first kappa shape index (κ1) is 16.7. The average molecular weight is 338 g/mol. The van der Waals surface area contributed by atoms with Crippen LogP contribution in [0.5, 0.6) is 0 Å². The molecule has 0 unspecified atom stereocenters. The summed E-state index contributed by atoms with van der Waals surface area (Å²) in [6.07, 6.45) is -2.84. The lowest BCUT2D eigenvalue weighted by molar-refractivity contribution is -0.137. The fourth-order valence-corrected chi connectivity index (χ4v) is 2.45. The molecule has 0 atom stereocenters. The van der Waals surface area contributed by atoms with Crippen LogP contribution in [-0.4, -0.2) is 42.2 Å². The second kappa shape index (κ2) is 6.60. The van der Waals surface area contributed by atoms with Crippen LogP contribution in [0.25, 0.3) is 0 Å². The van der Waals surface area contributed by atoms with Crippen molar-refractivity contribution in [3.05, 3.63) is 22.8 Å². The monoisotopic (exact) mass is 337 g/mol. The number of piperidine rings is 1. The molecule has 2 rings (SSSR count). The molecule has 22 heavy (non-hydrogen) atoms. The van der Waals surface area contributed by atoms with E-state index < -0.39 is 11.7 Å². The average Bonchev–Trinajstić information content (AvgIpc) is 2.48. The predicted octanol–water partition coefficient (Wildman–Crippen LogP) is 3.40. The van der Waals surface area contributed by atoms with Crippen LogP contribution >= 0.6 is 11.6 Å². The summed E-state index contributed by atoms with van der Waals surface area (Å²) in [5.74, 6) is 0.214. The van der Waals surface area contributed by atoms with E-state index in [1.165, 1.54) is 7.11 Å². The molecular formula is C13H15ClF3N3O2. The molecule has 2 heterocycles. The molecule has 1 fully saturated rings. The third kappa shape index (κ3) is 3.94. The Morgan fingerprint density at radius 1 is 1.45 bits per heavy atom. The highest BCUT2D eigenvalue weighted by molar-refractivity contribution is 6.33. The van der Waals surface area contributed by atoms with Crippen molar-refractivity contribution in [2.24, 2.45) is 0 Å². The minimum Gasteiger partial charge on any atom is -0.453 e. The van der Waals surface area contributed by atoms with E-state index >= 15 is 0 Å². The minimum atomic E-state index is -4.47. The molecule has 0 saturated carbocycles. The number of likely N-dealkylation sites (tertiary alicyclic amines) is 1. The Bertz CT molecular complexity index is 546. The van der Waals surface area contributed by atoms with Gasteiger partial charge in [0.15, 0.2) is 0 Å². The third-order valence-electron chi connectivity index (χ3n) is 3.44. The molecule has 1 amide bonds. The SMILES string of the molecule is COC(=O)N1CCC(Nc2ncc(C(F)(F)F)cc2Cl)CC1. The molecule has 9 heteroatoms. The van der Waals surface area contributed by atoms with E-state index in [9.17, 15) is 18.0 Å². The van der Waals surface area contributed by atoms with Crippen molar-refractivity contribution < 1.29 is 22.7 Å². The molecule has 0 aliphatic carbocycles. The Morgan fingerprint density at radius 2 is 2.09 bits per heavy atom. The number of halogens is 4. The first-order valence-electron chi connectivity index (χ1n) is 6.63. The van der Waals surface area contributed by atoms with Crippen LogP contribution in [-0.2, 0) is 10.9 Å². The summed E-state index contributed by atoms with van der Waals surface area (Å²) in [7, 11) is 1.32. The van der Waals surface area contributed by atoms with Crippen LogP contribution in [0.1, 0.15) is 18.4 Å². The summed E-state index contributed by atoms with van der Waals surface area (Å²) in [6, 6.07) is 0.836. The Kier molecular flexibility index (Phi) is 5.00. The van der Waals surface area contributed by atoms with E-state index in [2.05, 4.69) is 15.0 Å². The first-order chi connectivity index (χ1) is 10.3. The maximum atomic E-state index is 12.5. The summed E-state index contributed by atoms with van der Waals surface area (Å²) in [6.45, 7) is 1.01. The second-order valence-corrected chi connectivity index (χ2v) is 5.34. The van der Waals surface area contributed by atoms with Crippen molar-refractivity contribution in [3.8, 4) is 0 Å². The number of carbonyl (C=O) groups excluding carboxylic acids is 1. The number of amides is 1. The Morgan fingerprint density at radius 3 is 2.59 bits per heavy atom. The molecule has 5 nitrogen and oxygen atoms in total. The van der Waals surface area contributed by atoms with E-state index in [0.29, 0.717) is 25.9 Å². The number of carbonyl (C=O) groups is 1. The van der Waals surface area contributed by atoms with Gasteiger partial charge in [-0.15, -0.1) is 0 Å². The number of aromatic nitrogens is 1. The predicted molar refractivity (Wildman–Crippen MR) is 74.9 cm³/mol. The lowest BCUT2D eigenvalue weighted by Crippen LogP contribution is -2.42. The van der Waals surface area contributed by atoms with Gasteiger partial charge in [0.1, 0.15) is 5.82 Å². The Hall–Kier alpha value is -1.70. The summed E-state index contributed by atoms with van der Waals surface area (Å²) in [5, 5.41) is 2.94. The summed E-state index contributed by atoms with van der Waals surface area (Å²) in [5.41, 5.74) is -0.886. The topological polar surface area (TPSA) is 54.5 Å². The zero-order valence-corrected chi connectivity index (χ0v) is 12.5. The third-order valence-corrected chi connectivity index (χ3v) is 3.73. The van der Waals surface area contributed by atoms with Crippen LogP contribution in [0.2, 0.25) is 5.02 Å². The molecule has 122 valence electrons. The highest BCUT2D eigenvalue weighted by Crippen LogP contribution is 2.32. The number of hydrogen-bond acceptors (Lipinski definition) is 4. The minimum absolute atomic E-state index is 0.0114. The van der Waals surface area contributed by atoms with Gasteiger partial charge in [-0.3, -0.25) is 0 Å². The maximum Gasteiger partial charge on any atom is 0.417 e. The van der Waals surface area contributed by atoms with Crippen molar-refractivity contribution in [3.63, 3.8) is 0 Å². The lowest BCUT2D eigenvalue weighted by Gasteiger charge is -2.31. The lowest BCUT2D eigenvalue weighted by atomic mass is 10.1. The van der Waals surface area contributed by atoms with Gasteiger partial charge in [-0.2, -0.15) is 13.2 Å². The normalized spacial score (nSPS) is 16.5. The highest BCUT2D eigenvalue weighted by atomic mass is 35.5. The number of anilines is 1. The zero-order valence-electron chi connectivity index (χ0n) is 11.8. The Balaban J connectivity index is 1.97. The van der Waals surface area contributed by atoms with Gasteiger partial charge >= 0.3 is 12.3 Å². The van der Waals surface area contributed by atoms with Crippen molar-refractivity contribution in [2.75, 3.05) is 25.5 Å². The number of alkyl halides is 3. The number of methoxy groups -OCH3 is 1. The van der Waals surface area contributed by atoms with Gasteiger partial charge in [-0.1, -0.05) is 11.6 Å². The maximum absolute atomic E-state index is 12.5. The molecular weight excluding hydrogens is 323 g/mol. The molecule has 0 spiro atoms. The largest absolute Gasteiger partial charge is 0.453 e. The van der Waals surface area contributed by atoms with Gasteiger partial charge in [0.25, 0.3) is 0 Å². The van der Waals surface area contributed by atoms with Crippen molar-refractivity contribution >= 4 is 23.5 Å². The molecule has 1 saturated heterocycles. The van der Waals surface area contributed by atoms with Gasteiger partial charge < -0.3 is 15.0 Å². The number of nitrogens with zero attached hydrogens (tertiary/aromatic N) is 2. The van der Waals surface area contributed by atoms with E-state index in [-0.39, 0.29) is 23.0 Å². The van der Waals surface area contributed by atoms with Crippen LogP contribution in [0, 0.1) is 0 Å². The van der Waals surface area contributed by atoms with Crippen LogP contribution < -0.4 is 5.32 Å². The number of ether oxygens (including phenoxy) is 1. The van der Waals surface area contributed by atoms with Crippen molar-refractivity contribution in [2.45, 2.75) is 25.1 Å². The van der Waals surface area contributed by atoms with Gasteiger partial charge in [0.2, 0.25) is 0 Å². The molecule has 0 radical (unpaired) electrons. The van der Waals surface area contributed by atoms with E-state index in [0.717, 1.165) is 12.3 Å². The smallest absolute Gasteiger partial charge is 0.417 e. The number of rotatable bonds is 2. The number of pyridine rings is 1. The number of hydrogen-bond donors (Lipinski definition) is 1. The van der Waals surface area contributed by atoms with Crippen LogP contribution in [0.3, 0.4) is 0 Å². The van der Waals surface area contributed by atoms with Crippen LogP contribution in [0.15, 0.2) is 12.3 Å². The fourth-order valence-electron chi connectivity index (χ4n) is 2.23. The molecule has 1 aromatic heterocycles. The molecule has 1 aliphatic rings. The van der Waals surface area contributed by atoms with E-state index in [1.54, 1.807) is 4.90 Å². The standard InChI is InChI=1S/C13H15ClF3N3O2/c1-22-12(21)20-4-2-9(3-5-20)19-11-10(14)6-8(7-18-11)13(15,16)17/h6-7,9H,2-5H2,1H3,(H,18,19). The fraction of sp³-hybridized carbons (Fsp3) is 0.538. The van der Waals surface area contributed by atoms with Crippen LogP contribution in [0.4, 0.5) is 23.8 Å². The highest BCUT2D eigenvalue weighted by Gasteiger charge is 2.32. The van der Waals surface area contributed by atoms with Gasteiger partial charge in [-0.05, 0) is 18.9 Å². The van der Waals surface area contributed by atoms with Crippen molar-refractivity contribution in [1.29, 1.82) is 0 Å². The van der Waals surface area contributed by atoms with E-state index in [1.807, 2.05) is 0 Å². The summed E-state index contributed by atoms with van der Waals surface area (Å²) < 4.78 is 42.3.